The standard InChI is InChI=1S/C15H13F3S/c1-2-11-4-3-5-14(10-11)19-13-8-6-12(7-9-13)15(16,17)18/h3-10H,2H2,1H3. The van der Waals surface area contributed by atoms with E-state index in [2.05, 4.69) is 13.0 Å². The van der Waals surface area contributed by atoms with E-state index < -0.39 is 11.7 Å². The molecule has 0 aromatic heterocycles. The topological polar surface area (TPSA) is 0 Å². The van der Waals surface area contributed by atoms with Crippen molar-refractivity contribution in [3.05, 3.63) is 59.7 Å². The first-order valence-corrected chi connectivity index (χ1v) is 6.75. The first-order valence-electron chi connectivity index (χ1n) is 5.93. The van der Waals surface area contributed by atoms with Gasteiger partial charge in [0, 0.05) is 9.79 Å². The van der Waals surface area contributed by atoms with Gasteiger partial charge < -0.3 is 0 Å². The van der Waals surface area contributed by atoms with Crippen molar-refractivity contribution in [3.8, 4) is 0 Å². The summed E-state index contributed by atoms with van der Waals surface area (Å²) in [6, 6.07) is 13.3. The molecule has 2 aromatic carbocycles. The maximum Gasteiger partial charge on any atom is 0.416 e. The Morgan fingerprint density at radius 3 is 2.21 bits per heavy atom. The van der Waals surface area contributed by atoms with Gasteiger partial charge >= 0.3 is 6.18 Å². The van der Waals surface area contributed by atoms with Gasteiger partial charge in [0.25, 0.3) is 0 Å². The maximum atomic E-state index is 12.4. The van der Waals surface area contributed by atoms with Gasteiger partial charge in [0.05, 0.1) is 5.56 Å². The number of benzene rings is 2. The molecule has 2 aromatic rings. The summed E-state index contributed by atoms with van der Waals surface area (Å²) in [6.07, 6.45) is -3.33. The minimum atomic E-state index is -4.27. The van der Waals surface area contributed by atoms with Gasteiger partial charge in [-0.25, -0.2) is 0 Å². The Labute approximate surface area is 114 Å². The average Bonchev–Trinajstić information content (AvgIpc) is 2.38. The van der Waals surface area contributed by atoms with E-state index in [-0.39, 0.29) is 0 Å². The van der Waals surface area contributed by atoms with Gasteiger partial charge in [0.1, 0.15) is 0 Å². The van der Waals surface area contributed by atoms with Crippen LogP contribution >= 0.6 is 11.8 Å². The molecule has 0 bridgehead atoms. The summed E-state index contributed by atoms with van der Waals surface area (Å²) in [7, 11) is 0. The number of halogens is 3. The van der Waals surface area contributed by atoms with E-state index in [1.54, 1.807) is 0 Å². The van der Waals surface area contributed by atoms with Gasteiger partial charge in [-0.05, 0) is 48.4 Å². The molecule has 4 heteroatoms. The molecule has 0 aliphatic carbocycles. The first-order chi connectivity index (χ1) is 8.99. The maximum absolute atomic E-state index is 12.4. The van der Waals surface area contributed by atoms with Crippen molar-refractivity contribution in [2.75, 3.05) is 0 Å². The van der Waals surface area contributed by atoms with Crippen molar-refractivity contribution in [2.24, 2.45) is 0 Å². The van der Waals surface area contributed by atoms with Crippen molar-refractivity contribution in [1.82, 2.24) is 0 Å². The van der Waals surface area contributed by atoms with Gasteiger partial charge in [-0.2, -0.15) is 13.2 Å². The molecule has 0 N–H and O–H groups in total. The molecule has 0 unspecified atom stereocenters. The van der Waals surface area contributed by atoms with Crippen LogP contribution in [0.25, 0.3) is 0 Å². The third-order valence-electron chi connectivity index (χ3n) is 2.72. The number of rotatable bonds is 3. The Morgan fingerprint density at radius 1 is 0.947 bits per heavy atom. The zero-order chi connectivity index (χ0) is 13.9. The second-order valence-corrected chi connectivity index (χ2v) is 5.27. The van der Waals surface area contributed by atoms with Gasteiger partial charge in [-0.3, -0.25) is 0 Å². The summed E-state index contributed by atoms with van der Waals surface area (Å²) in [6.45, 7) is 2.07. The van der Waals surface area contributed by atoms with E-state index in [4.69, 9.17) is 0 Å². The van der Waals surface area contributed by atoms with Gasteiger partial charge in [0.15, 0.2) is 0 Å². The third-order valence-corrected chi connectivity index (χ3v) is 3.72. The fraction of sp³-hybridized carbons (Fsp3) is 0.200. The Hall–Kier alpha value is -1.42. The predicted octanol–water partition coefficient (Wildman–Crippen LogP) is 5.42. The van der Waals surface area contributed by atoms with Crippen molar-refractivity contribution >= 4 is 11.8 Å². The van der Waals surface area contributed by atoms with Crippen molar-refractivity contribution in [1.29, 1.82) is 0 Å². The lowest BCUT2D eigenvalue weighted by molar-refractivity contribution is -0.137. The van der Waals surface area contributed by atoms with Crippen LogP contribution in [0.2, 0.25) is 0 Å². The van der Waals surface area contributed by atoms with E-state index in [1.165, 1.54) is 29.5 Å². The van der Waals surface area contributed by atoms with E-state index in [9.17, 15) is 13.2 Å². The fourth-order valence-electron chi connectivity index (χ4n) is 1.68. The predicted molar refractivity (Wildman–Crippen MR) is 71.4 cm³/mol. The van der Waals surface area contributed by atoms with Crippen LogP contribution in [0.1, 0.15) is 18.1 Å². The number of hydrogen-bond acceptors (Lipinski definition) is 1. The van der Waals surface area contributed by atoms with E-state index >= 15 is 0 Å². The lowest BCUT2D eigenvalue weighted by atomic mass is 10.2. The fourth-order valence-corrected chi connectivity index (χ4v) is 2.58. The highest BCUT2D eigenvalue weighted by Crippen LogP contribution is 2.33. The van der Waals surface area contributed by atoms with Crippen LogP contribution in [0.15, 0.2) is 58.3 Å². The molecule has 0 heterocycles. The molecule has 0 amide bonds. The molecule has 2 rings (SSSR count). The van der Waals surface area contributed by atoms with Gasteiger partial charge in [-0.1, -0.05) is 30.8 Å². The molecule has 0 aliphatic rings. The van der Waals surface area contributed by atoms with Crippen molar-refractivity contribution in [3.63, 3.8) is 0 Å². The summed E-state index contributed by atoms with van der Waals surface area (Å²) in [4.78, 5) is 1.85. The second-order valence-electron chi connectivity index (χ2n) is 4.13. The molecule has 0 saturated carbocycles. The Kier molecular flexibility index (Phi) is 4.20. The zero-order valence-electron chi connectivity index (χ0n) is 10.4. The quantitative estimate of drug-likeness (QED) is 0.724. The molecule has 0 nitrogen and oxygen atoms in total. The molecular formula is C15H13F3S. The SMILES string of the molecule is CCc1cccc(Sc2ccc(C(F)(F)F)cc2)c1. The molecule has 0 fully saturated rings. The smallest absolute Gasteiger partial charge is 0.166 e. The van der Waals surface area contributed by atoms with Crippen LogP contribution in [-0.4, -0.2) is 0 Å². The molecule has 0 saturated heterocycles. The van der Waals surface area contributed by atoms with Crippen molar-refractivity contribution < 1.29 is 13.2 Å². The number of hydrogen-bond donors (Lipinski definition) is 0. The molecule has 0 spiro atoms. The number of alkyl halides is 3. The van der Waals surface area contributed by atoms with Crippen LogP contribution in [0.4, 0.5) is 13.2 Å². The van der Waals surface area contributed by atoms with Gasteiger partial charge in [0.2, 0.25) is 0 Å². The van der Waals surface area contributed by atoms with Crippen LogP contribution in [0.3, 0.4) is 0 Å². The Morgan fingerprint density at radius 2 is 1.63 bits per heavy atom. The van der Waals surface area contributed by atoms with Crippen LogP contribution in [-0.2, 0) is 12.6 Å². The molecular weight excluding hydrogens is 269 g/mol. The Bertz CT molecular complexity index is 544. The number of aryl methyl sites for hydroxylation is 1. The van der Waals surface area contributed by atoms with E-state index in [1.807, 2.05) is 18.2 Å². The van der Waals surface area contributed by atoms with Crippen LogP contribution in [0, 0.1) is 0 Å². The summed E-state index contributed by atoms with van der Waals surface area (Å²) >= 11 is 1.47. The molecule has 0 atom stereocenters. The zero-order valence-corrected chi connectivity index (χ0v) is 11.2. The monoisotopic (exact) mass is 282 g/mol. The molecule has 0 aliphatic heterocycles. The van der Waals surface area contributed by atoms with Crippen LogP contribution in [0.5, 0.6) is 0 Å². The van der Waals surface area contributed by atoms with Crippen LogP contribution < -0.4 is 0 Å². The first kappa shape index (κ1) is 14.0. The van der Waals surface area contributed by atoms with Gasteiger partial charge in [-0.15, -0.1) is 0 Å². The lowest BCUT2D eigenvalue weighted by Gasteiger charge is -2.08. The lowest BCUT2D eigenvalue weighted by Crippen LogP contribution is -2.03. The minimum Gasteiger partial charge on any atom is -0.166 e. The van der Waals surface area contributed by atoms with E-state index in [0.717, 1.165) is 28.3 Å². The second kappa shape index (κ2) is 5.70. The van der Waals surface area contributed by atoms with Crippen molar-refractivity contribution in [2.45, 2.75) is 29.3 Å². The summed E-state index contributed by atoms with van der Waals surface area (Å²) in [5.74, 6) is 0. The third kappa shape index (κ3) is 3.77. The molecule has 0 radical (unpaired) electrons. The highest BCUT2D eigenvalue weighted by molar-refractivity contribution is 7.99. The molecule has 19 heavy (non-hydrogen) atoms. The summed E-state index contributed by atoms with van der Waals surface area (Å²) < 4.78 is 37.3. The molecule has 100 valence electrons. The minimum absolute atomic E-state index is 0.612. The summed E-state index contributed by atoms with van der Waals surface area (Å²) in [5, 5.41) is 0. The normalized spacial score (nSPS) is 11.6. The average molecular weight is 282 g/mol. The Balaban J connectivity index is 2.15. The van der Waals surface area contributed by atoms with E-state index in [0.29, 0.717) is 0 Å². The highest BCUT2D eigenvalue weighted by atomic mass is 32.2. The summed E-state index contributed by atoms with van der Waals surface area (Å²) in [5.41, 5.74) is 0.607. The highest BCUT2D eigenvalue weighted by Gasteiger charge is 2.29. The largest absolute Gasteiger partial charge is 0.416 e.